The number of nitrogens with one attached hydrogen (secondary N) is 2. The van der Waals surface area contributed by atoms with Crippen molar-refractivity contribution in [2.24, 2.45) is 5.73 Å². The Hall–Kier alpha value is -4.17. The second kappa shape index (κ2) is 9.54. The molecule has 1 heterocycles. The summed E-state index contributed by atoms with van der Waals surface area (Å²) in [6, 6.07) is 19.3. The molecule has 3 amide bonds. The van der Waals surface area contributed by atoms with Gasteiger partial charge in [0, 0.05) is 24.2 Å². The Bertz CT molecular complexity index is 1220. The lowest BCUT2D eigenvalue weighted by molar-refractivity contribution is -0.115. The Balaban J connectivity index is 1.54. The van der Waals surface area contributed by atoms with E-state index in [1.165, 1.54) is 12.0 Å². The fourth-order valence-electron chi connectivity index (χ4n) is 3.68. The Labute approximate surface area is 191 Å². The molecule has 1 aliphatic rings. The Kier molecular flexibility index (Phi) is 6.37. The average Bonchev–Trinajstić information content (AvgIpc) is 2.86. The summed E-state index contributed by atoms with van der Waals surface area (Å²) < 4.78 is 5.19. The molecule has 0 aliphatic carbocycles. The van der Waals surface area contributed by atoms with Crippen molar-refractivity contribution in [2.75, 3.05) is 23.9 Å². The third kappa shape index (κ3) is 4.86. The minimum atomic E-state index is -0.338. The van der Waals surface area contributed by atoms with Crippen molar-refractivity contribution in [1.29, 1.82) is 0 Å². The van der Waals surface area contributed by atoms with Gasteiger partial charge in [-0.05, 0) is 47.5 Å². The second-order valence-corrected chi connectivity index (χ2v) is 7.61. The van der Waals surface area contributed by atoms with E-state index in [1.807, 2.05) is 24.3 Å². The predicted molar refractivity (Wildman–Crippen MR) is 125 cm³/mol. The molecule has 3 aromatic rings. The van der Waals surface area contributed by atoms with Crippen LogP contribution in [0.4, 0.5) is 11.4 Å². The number of rotatable bonds is 6. The molecule has 0 saturated heterocycles. The number of anilines is 2. The Morgan fingerprint density at radius 3 is 2.61 bits per heavy atom. The monoisotopic (exact) mass is 444 g/mol. The van der Waals surface area contributed by atoms with E-state index < -0.39 is 0 Å². The van der Waals surface area contributed by atoms with Gasteiger partial charge >= 0.3 is 0 Å². The Morgan fingerprint density at radius 1 is 1.03 bits per heavy atom. The highest BCUT2D eigenvalue weighted by atomic mass is 16.5. The first-order chi connectivity index (χ1) is 16.0. The molecule has 0 bridgehead atoms. The van der Waals surface area contributed by atoms with E-state index in [1.54, 1.807) is 42.5 Å². The molecule has 4 rings (SSSR count). The van der Waals surface area contributed by atoms with Crippen LogP contribution in [0.3, 0.4) is 0 Å². The highest BCUT2D eigenvalue weighted by molar-refractivity contribution is 6.15. The number of amides is 3. The lowest BCUT2D eigenvalue weighted by Gasteiger charge is -2.29. The van der Waals surface area contributed by atoms with Gasteiger partial charge in [0.2, 0.25) is 5.91 Å². The van der Waals surface area contributed by atoms with Crippen molar-refractivity contribution in [3.8, 4) is 5.75 Å². The first kappa shape index (κ1) is 22.0. The molecule has 0 fully saturated rings. The minimum absolute atomic E-state index is 0.119. The van der Waals surface area contributed by atoms with Crippen LogP contribution in [0.25, 0.3) is 0 Å². The van der Waals surface area contributed by atoms with Crippen LogP contribution in [0, 0.1) is 0 Å². The van der Waals surface area contributed by atoms with E-state index in [9.17, 15) is 14.4 Å². The van der Waals surface area contributed by atoms with Gasteiger partial charge in [-0.2, -0.15) is 0 Å². The van der Waals surface area contributed by atoms with Crippen molar-refractivity contribution in [3.05, 3.63) is 89.0 Å². The summed E-state index contributed by atoms with van der Waals surface area (Å²) in [6.45, 7) is 0.653. The normalized spacial score (nSPS) is 12.5. The molecule has 3 aromatic carbocycles. The lowest BCUT2D eigenvalue weighted by atomic mass is 10.1. The van der Waals surface area contributed by atoms with Crippen LogP contribution in [0.1, 0.15) is 31.8 Å². The van der Waals surface area contributed by atoms with Gasteiger partial charge in [-0.15, -0.1) is 0 Å². The molecule has 4 N–H and O–H groups in total. The van der Waals surface area contributed by atoms with E-state index in [4.69, 9.17) is 10.5 Å². The van der Waals surface area contributed by atoms with Crippen LogP contribution in [0.15, 0.2) is 66.7 Å². The maximum absolute atomic E-state index is 13.1. The molecule has 0 atom stereocenters. The molecule has 168 valence electrons. The van der Waals surface area contributed by atoms with E-state index in [0.29, 0.717) is 41.3 Å². The number of hydrogen-bond acceptors (Lipinski definition) is 5. The van der Waals surface area contributed by atoms with Crippen LogP contribution in [-0.4, -0.2) is 31.4 Å². The third-order valence-corrected chi connectivity index (χ3v) is 5.37. The predicted octanol–water partition coefficient (Wildman–Crippen LogP) is 2.68. The van der Waals surface area contributed by atoms with Crippen LogP contribution in [0.5, 0.6) is 5.75 Å². The molecule has 0 radical (unpaired) electrons. The fourth-order valence-corrected chi connectivity index (χ4v) is 3.68. The number of nitrogens with zero attached hydrogens (tertiary/aromatic N) is 1. The van der Waals surface area contributed by atoms with Crippen molar-refractivity contribution < 1.29 is 19.1 Å². The van der Waals surface area contributed by atoms with Crippen molar-refractivity contribution in [2.45, 2.75) is 13.1 Å². The van der Waals surface area contributed by atoms with Gasteiger partial charge < -0.3 is 21.1 Å². The molecular weight excluding hydrogens is 420 g/mol. The largest absolute Gasteiger partial charge is 0.497 e. The number of hydrogen-bond donors (Lipinski definition) is 3. The number of carbonyl (C=O) groups is 3. The molecular formula is C25H24N4O4. The third-order valence-electron chi connectivity index (χ3n) is 5.37. The summed E-state index contributed by atoms with van der Waals surface area (Å²) in [6.07, 6.45) is 0. The van der Waals surface area contributed by atoms with Gasteiger partial charge in [0.1, 0.15) is 12.3 Å². The van der Waals surface area contributed by atoms with Gasteiger partial charge in [0.15, 0.2) is 0 Å². The lowest BCUT2D eigenvalue weighted by Crippen LogP contribution is -2.42. The number of fused-ring (bicyclic) bond motifs is 1. The molecule has 1 aliphatic heterocycles. The zero-order valence-electron chi connectivity index (χ0n) is 18.1. The molecule has 33 heavy (non-hydrogen) atoms. The van der Waals surface area contributed by atoms with Crippen molar-refractivity contribution in [1.82, 2.24) is 5.32 Å². The summed E-state index contributed by atoms with van der Waals surface area (Å²) in [4.78, 5) is 39.5. The van der Waals surface area contributed by atoms with Gasteiger partial charge in [-0.1, -0.05) is 30.3 Å². The average molecular weight is 444 g/mol. The van der Waals surface area contributed by atoms with Gasteiger partial charge in [-0.3, -0.25) is 19.3 Å². The second-order valence-electron chi connectivity index (χ2n) is 7.61. The zero-order chi connectivity index (χ0) is 23.4. The summed E-state index contributed by atoms with van der Waals surface area (Å²) >= 11 is 0. The molecule has 0 spiro atoms. The van der Waals surface area contributed by atoms with E-state index in [0.717, 1.165) is 11.1 Å². The zero-order valence-corrected chi connectivity index (χ0v) is 18.1. The minimum Gasteiger partial charge on any atom is -0.497 e. The van der Waals surface area contributed by atoms with Crippen LogP contribution < -0.4 is 26.0 Å². The fraction of sp³-hybridized carbons (Fsp3) is 0.160. The van der Waals surface area contributed by atoms with Gasteiger partial charge in [0.25, 0.3) is 11.8 Å². The standard InChI is InChI=1S/C25H24N4O4/c1-33-20-7-3-6-19(11-20)25(32)29-15-23(30)28-21-12-18(8-9-22(21)29)24(31)27-14-17-5-2-4-16(10-17)13-26/h2-12H,13-15,26H2,1H3,(H,27,31)(H,28,30). The molecule has 0 unspecified atom stereocenters. The first-order valence-electron chi connectivity index (χ1n) is 10.4. The molecule has 8 nitrogen and oxygen atoms in total. The molecule has 0 saturated carbocycles. The SMILES string of the molecule is COc1cccc(C(=O)N2CC(=O)Nc3cc(C(=O)NCc4cccc(CN)c4)ccc32)c1. The van der Waals surface area contributed by atoms with Crippen LogP contribution in [0.2, 0.25) is 0 Å². The highest BCUT2D eigenvalue weighted by Gasteiger charge is 2.28. The van der Waals surface area contributed by atoms with Gasteiger partial charge in [-0.25, -0.2) is 0 Å². The molecule has 0 aromatic heterocycles. The Morgan fingerprint density at radius 2 is 1.82 bits per heavy atom. The summed E-state index contributed by atoms with van der Waals surface area (Å²) in [5, 5.41) is 5.62. The number of nitrogens with two attached hydrogens (primary N) is 1. The van der Waals surface area contributed by atoms with Crippen LogP contribution in [-0.2, 0) is 17.9 Å². The van der Waals surface area contributed by atoms with Crippen LogP contribution >= 0.6 is 0 Å². The number of carbonyl (C=O) groups excluding carboxylic acids is 3. The maximum atomic E-state index is 13.1. The number of methoxy groups -OCH3 is 1. The quantitative estimate of drug-likeness (QED) is 0.541. The smallest absolute Gasteiger partial charge is 0.258 e. The summed E-state index contributed by atoms with van der Waals surface area (Å²) in [7, 11) is 1.52. The maximum Gasteiger partial charge on any atom is 0.258 e. The number of ether oxygens (including phenoxy) is 1. The summed E-state index contributed by atoms with van der Waals surface area (Å²) in [5.41, 5.74) is 9.29. The number of benzene rings is 3. The highest BCUT2D eigenvalue weighted by Crippen LogP contribution is 2.32. The first-order valence-corrected chi connectivity index (χ1v) is 10.4. The van der Waals surface area contributed by atoms with E-state index in [-0.39, 0.29) is 24.3 Å². The topological polar surface area (TPSA) is 114 Å². The van der Waals surface area contributed by atoms with Gasteiger partial charge in [0.05, 0.1) is 18.5 Å². The van der Waals surface area contributed by atoms with E-state index >= 15 is 0 Å². The molecule has 8 heteroatoms. The van der Waals surface area contributed by atoms with Crippen molar-refractivity contribution >= 4 is 29.1 Å². The van der Waals surface area contributed by atoms with Crippen molar-refractivity contribution in [3.63, 3.8) is 0 Å². The summed E-state index contributed by atoms with van der Waals surface area (Å²) in [5.74, 6) is -0.412. The van der Waals surface area contributed by atoms with E-state index in [2.05, 4.69) is 10.6 Å².